The third-order valence-electron chi connectivity index (χ3n) is 14.4. The minimum atomic E-state index is -0.125. The van der Waals surface area contributed by atoms with E-state index in [9.17, 15) is 14.4 Å². The maximum atomic E-state index is 10.0. The number of aliphatic hydroxyl groups excluding tert-OH is 3. The first-order valence-electron chi connectivity index (χ1n) is 32.6. The molecule has 7 aromatic heterocycles. The molecule has 7 heterocycles. The van der Waals surface area contributed by atoms with Crippen LogP contribution in [-0.2, 0) is 115 Å². The largest absolute Gasteiger partial charge is 0.518 e. The molecule has 0 saturated heterocycles. The molecule has 17 aromatic rings. The van der Waals surface area contributed by atoms with Crippen LogP contribution in [0.15, 0.2) is 307 Å². The zero-order valence-corrected chi connectivity index (χ0v) is 74.4. The Morgan fingerprint density at radius 2 is 0.835 bits per heavy atom. The molecule has 109 heavy (non-hydrogen) atoms. The van der Waals surface area contributed by atoms with Gasteiger partial charge in [-0.05, 0) is 99.7 Å². The average Bonchev–Trinajstić information content (AvgIpc) is 1.78. The third-order valence-corrected chi connectivity index (χ3v) is 18.7. The third kappa shape index (κ3) is 27.9. The van der Waals surface area contributed by atoms with E-state index in [-0.39, 0.29) is 135 Å². The summed E-state index contributed by atoms with van der Waals surface area (Å²) in [6.07, 6.45) is 7.06. The van der Waals surface area contributed by atoms with Gasteiger partial charge in [0.25, 0.3) is 0 Å². The smallest absolute Gasteiger partial charge is 0.155 e. The molecule has 0 bridgehead atoms. The Hall–Kier alpha value is -8.93. The van der Waals surface area contributed by atoms with Crippen molar-refractivity contribution in [1.82, 2.24) is 24.9 Å². The fraction of sp³-hybridized carbons (Fsp3) is 0.0682. The summed E-state index contributed by atoms with van der Waals surface area (Å²) in [5.41, 5.74) is 9.08. The summed E-state index contributed by atoms with van der Waals surface area (Å²) < 4.78 is 10.6. The van der Waals surface area contributed by atoms with Crippen molar-refractivity contribution >= 4 is 136 Å². The first-order valence-corrected chi connectivity index (χ1v) is 35.9. The molecule has 12 nitrogen and oxygen atoms in total. The predicted molar refractivity (Wildman–Crippen MR) is 430 cm³/mol. The molecule has 0 aliphatic heterocycles. The van der Waals surface area contributed by atoms with Crippen molar-refractivity contribution in [3.63, 3.8) is 0 Å². The molecule has 0 unspecified atom stereocenters. The first kappa shape index (κ1) is 90.7. The van der Waals surface area contributed by atoms with Gasteiger partial charge in [0.15, 0.2) is 17.3 Å². The molecular weight excluding hydrogens is 2330 g/mol. The number of fused-ring (bicyclic) bond motifs is 7. The second-order valence-electron chi connectivity index (χ2n) is 22.9. The van der Waals surface area contributed by atoms with Gasteiger partial charge in [-0.2, -0.15) is 34.0 Å². The number of furan rings is 1. The summed E-state index contributed by atoms with van der Waals surface area (Å²) in [5.74, 6) is 0.504. The van der Waals surface area contributed by atoms with E-state index in [0.717, 1.165) is 75.5 Å². The summed E-state index contributed by atoms with van der Waals surface area (Å²) in [6.45, 7) is 8.54. The fourth-order valence-electron chi connectivity index (χ4n) is 10.0. The van der Waals surface area contributed by atoms with Crippen molar-refractivity contribution in [3.05, 3.63) is 333 Å². The van der Waals surface area contributed by atoms with Crippen LogP contribution in [0.5, 0.6) is 0 Å². The number of carbonyl (C=O) groups is 3. The summed E-state index contributed by atoms with van der Waals surface area (Å²) in [5, 5.41) is 35.2. The van der Waals surface area contributed by atoms with Gasteiger partial charge in [0.05, 0.1) is 39.6 Å². The molecule has 0 aliphatic carbocycles. The van der Waals surface area contributed by atoms with Crippen LogP contribution >= 0.6 is 45.3 Å². The second kappa shape index (κ2) is 46.5. The van der Waals surface area contributed by atoms with E-state index in [1.807, 2.05) is 152 Å². The molecule has 3 N–H and O–H groups in total. The van der Waals surface area contributed by atoms with Crippen LogP contribution in [0.4, 0.5) is 0 Å². The number of ketones is 3. The molecule has 0 atom stereocenters. The van der Waals surface area contributed by atoms with Gasteiger partial charge in [-0.25, -0.2) is 11.3 Å². The van der Waals surface area contributed by atoms with Crippen LogP contribution < -0.4 is 0 Å². The number of benzene rings is 10. The Bertz CT molecular complexity index is 5290. The van der Waals surface area contributed by atoms with Crippen molar-refractivity contribution in [3.8, 4) is 53.7 Å². The van der Waals surface area contributed by atoms with E-state index in [2.05, 4.69) is 159 Å². The standard InChI is InChI=1S/2C17H10NS.C13H8NO.2C13H8NS.3C5H8O2.5Ir/c1-2-8-13-12(6-1)7-5-9-14(13)17-18-15-10-3-4-11-16(15)19-17;1-2-6-13-11-14(10-9-12(13)5-1)17-18-15-7-3-4-8-16(15)19-17;2*1-2-7-12-10(5-1)9-13(15-12)11-6-3-4-8-14-11;1-2-6-10(7-3-1)13-14-11-8-4-5-9-12(11)15-13;3*1-4(6)3-5(2)7;;;;;/h1-8,10-11H;1-9,11H;2*1-8H;1-6,8-9H;3*3,6H,1-2H3;;;;;/q5*-1;;;;;;;;. The number of aliphatic hydroxyl groups is 3. The Labute approximate surface area is 716 Å². The number of hydrogen-bond acceptors (Lipinski definition) is 16. The molecule has 561 valence electrons. The maximum Gasteiger partial charge on any atom is 0.155 e. The second-order valence-corrected chi connectivity index (χ2v) is 27.0. The molecule has 0 saturated carbocycles. The van der Waals surface area contributed by atoms with Crippen LogP contribution in [0.1, 0.15) is 41.5 Å². The van der Waals surface area contributed by atoms with Gasteiger partial charge in [-0.3, -0.25) is 29.3 Å². The van der Waals surface area contributed by atoms with Crippen molar-refractivity contribution in [2.45, 2.75) is 41.5 Å². The van der Waals surface area contributed by atoms with Gasteiger partial charge >= 0.3 is 0 Å². The number of thiazole rings is 3. The van der Waals surface area contributed by atoms with Gasteiger partial charge in [-0.15, -0.1) is 135 Å². The van der Waals surface area contributed by atoms with Crippen molar-refractivity contribution < 1.29 is 135 Å². The van der Waals surface area contributed by atoms with Crippen molar-refractivity contribution in [2.75, 3.05) is 0 Å². The van der Waals surface area contributed by atoms with Gasteiger partial charge < -0.3 is 29.7 Å². The molecule has 0 amide bonds. The summed E-state index contributed by atoms with van der Waals surface area (Å²) >= 11 is 6.88. The van der Waals surface area contributed by atoms with E-state index in [4.69, 9.17) is 24.7 Å². The first-order chi connectivity index (χ1) is 50.5. The Balaban J connectivity index is 0.000000227. The zero-order chi connectivity index (χ0) is 73.2. The normalized spacial score (nSPS) is 10.5. The van der Waals surface area contributed by atoms with Gasteiger partial charge in [0.1, 0.15) is 0 Å². The number of aromatic nitrogens is 5. The Kier molecular flexibility index (Phi) is 38.7. The quantitative estimate of drug-likeness (QED) is 0.0743. The molecular formula is C88H68Ir5N5O7S4-5. The molecule has 17 rings (SSSR count). The average molecular weight is 2400 g/mol. The molecule has 21 heteroatoms. The predicted octanol–water partition coefficient (Wildman–Crippen LogP) is 23.8. The number of thiophene rings is 1. The maximum absolute atomic E-state index is 10.0. The Morgan fingerprint density at radius 3 is 1.33 bits per heavy atom. The van der Waals surface area contributed by atoms with E-state index < -0.39 is 0 Å². The minimum Gasteiger partial charge on any atom is -0.518 e. The number of allylic oxidation sites excluding steroid dienone is 6. The van der Waals surface area contributed by atoms with Gasteiger partial charge in [0, 0.05) is 177 Å². The molecule has 0 fully saturated rings. The van der Waals surface area contributed by atoms with Gasteiger partial charge in [0.2, 0.25) is 0 Å². The van der Waals surface area contributed by atoms with Crippen LogP contribution in [0.3, 0.4) is 0 Å². The molecule has 0 spiro atoms. The number of rotatable bonds is 8. The topological polar surface area (TPSA) is 189 Å². The SMILES string of the molecule is CC(=O)C=C(C)O.CC(=O)C=C(C)O.CC(=O)C=C(C)O.[Ir].[Ir].[Ir].[Ir].[Ir].[c-]1c(-c2ccccn2)oc2ccccc12.[c-]1c(-c2ccccn2)sc2ccccc12.[c-]1cc2ccccc2cc1-c1nc2ccccc2s1.[c-]1ccc2ccccc2c1-c1nc2ccccc2s1.[c-]1ccccc1-c1nc2ccccc2s1. The van der Waals surface area contributed by atoms with E-state index in [1.54, 1.807) is 51.5 Å². The van der Waals surface area contributed by atoms with E-state index in [0.29, 0.717) is 5.76 Å². The number of hydrogen-bond donors (Lipinski definition) is 3. The molecule has 5 radical (unpaired) electrons. The molecule has 0 aliphatic rings. The van der Waals surface area contributed by atoms with Gasteiger partial charge in [-0.1, -0.05) is 150 Å². The van der Waals surface area contributed by atoms with Crippen molar-refractivity contribution in [1.29, 1.82) is 0 Å². The monoisotopic (exact) mass is 2400 g/mol. The number of nitrogens with zero attached hydrogens (tertiary/aromatic N) is 5. The number of carbonyl (C=O) groups excluding carboxylic acids is 3. The van der Waals surface area contributed by atoms with Crippen LogP contribution in [0.25, 0.3) is 127 Å². The Morgan fingerprint density at radius 1 is 0.385 bits per heavy atom. The fourth-order valence-corrected chi connectivity index (χ4v) is 13.9. The van der Waals surface area contributed by atoms with Crippen LogP contribution in [0.2, 0.25) is 0 Å². The van der Waals surface area contributed by atoms with Crippen LogP contribution in [-0.4, -0.2) is 57.6 Å². The van der Waals surface area contributed by atoms with E-state index in [1.165, 1.54) is 106 Å². The molecule has 10 aromatic carbocycles. The summed E-state index contributed by atoms with van der Waals surface area (Å²) in [7, 11) is 0. The minimum absolute atomic E-state index is 0. The summed E-state index contributed by atoms with van der Waals surface area (Å²) in [4.78, 5) is 53.7. The summed E-state index contributed by atoms with van der Waals surface area (Å²) in [6, 6.07) is 102. The number of pyridine rings is 2. The number of para-hydroxylation sites is 4. The zero-order valence-electron chi connectivity index (χ0n) is 59.1. The van der Waals surface area contributed by atoms with E-state index >= 15 is 0 Å². The van der Waals surface area contributed by atoms with Crippen molar-refractivity contribution in [2.24, 2.45) is 0 Å². The van der Waals surface area contributed by atoms with Crippen LogP contribution in [0, 0.1) is 30.3 Å².